The molecule has 3 aromatic heterocycles. The zero-order chi connectivity index (χ0) is 16.4. The Morgan fingerprint density at radius 2 is 2.04 bits per heavy atom. The minimum absolute atomic E-state index is 0.168. The van der Waals surface area contributed by atoms with E-state index in [-0.39, 0.29) is 12.3 Å². The zero-order valence-corrected chi connectivity index (χ0v) is 13.0. The Morgan fingerprint density at radius 3 is 2.70 bits per heavy atom. The highest BCUT2D eigenvalue weighted by Crippen LogP contribution is 2.23. The Kier molecular flexibility index (Phi) is 3.96. The van der Waals surface area contributed by atoms with E-state index in [9.17, 15) is 4.79 Å². The third-order valence-electron chi connectivity index (χ3n) is 3.42. The van der Waals surface area contributed by atoms with Gasteiger partial charge in [-0.3, -0.25) is 4.79 Å². The molecule has 0 atom stereocenters. The van der Waals surface area contributed by atoms with Crippen LogP contribution in [0.1, 0.15) is 29.5 Å². The number of aryl methyl sites for hydroxylation is 4. The van der Waals surface area contributed by atoms with Crippen LogP contribution < -0.4 is 5.32 Å². The van der Waals surface area contributed by atoms with E-state index in [4.69, 9.17) is 13.4 Å². The van der Waals surface area contributed by atoms with Gasteiger partial charge in [0, 0.05) is 12.8 Å². The second kappa shape index (κ2) is 6.07. The Bertz CT molecular complexity index is 811. The predicted molar refractivity (Wildman–Crippen MR) is 79.7 cm³/mol. The Hall–Kier alpha value is -2.90. The van der Waals surface area contributed by atoms with Gasteiger partial charge in [-0.15, -0.1) is 10.2 Å². The summed E-state index contributed by atoms with van der Waals surface area (Å²) in [5.41, 5.74) is 2.01. The molecule has 0 unspecified atom stereocenters. The molecular weight excluding hydrogens is 300 g/mol. The topological polar surface area (TPSA) is 107 Å². The van der Waals surface area contributed by atoms with Gasteiger partial charge in [0.1, 0.15) is 17.1 Å². The third kappa shape index (κ3) is 3.15. The molecule has 3 heterocycles. The molecule has 0 radical (unpaired) electrons. The van der Waals surface area contributed by atoms with Crippen LogP contribution in [0.15, 0.2) is 25.7 Å². The van der Waals surface area contributed by atoms with Crippen molar-refractivity contribution in [2.45, 2.75) is 33.6 Å². The van der Waals surface area contributed by atoms with Crippen LogP contribution in [0.2, 0.25) is 0 Å². The van der Waals surface area contributed by atoms with Crippen molar-refractivity contribution in [2.75, 3.05) is 5.32 Å². The maximum absolute atomic E-state index is 12.0. The monoisotopic (exact) mass is 316 g/mol. The van der Waals surface area contributed by atoms with Gasteiger partial charge in [-0.05, 0) is 26.8 Å². The lowest BCUT2D eigenvalue weighted by Gasteiger charge is -2.02. The smallest absolute Gasteiger partial charge is 0.251 e. The molecule has 3 aromatic rings. The Morgan fingerprint density at radius 1 is 1.22 bits per heavy atom. The summed E-state index contributed by atoms with van der Waals surface area (Å²) in [5.74, 6) is 1.90. The van der Waals surface area contributed by atoms with Gasteiger partial charge in [0.15, 0.2) is 5.76 Å². The highest BCUT2D eigenvalue weighted by Gasteiger charge is 2.15. The summed E-state index contributed by atoms with van der Waals surface area (Å²) in [6.45, 7) is 5.33. The first-order valence-corrected chi connectivity index (χ1v) is 7.14. The van der Waals surface area contributed by atoms with Gasteiger partial charge in [0.25, 0.3) is 5.89 Å². The number of hydrogen-bond acceptors (Lipinski definition) is 7. The minimum atomic E-state index is -0.168. The van der Waals surface area contributed by atoms with Crippen LogP contribution in [-0.4, -0.2) is 21.3 Å². The van der Waals surface area contributed by atoms with E-state index < -0.39 is 0 Å². The van der Waals surface area contributed by atoms with Crippen molar-refractivity contribution in [3.8, 4) is 11.5 Å². The van der Waals surface area contributed by atoms with Crippen LogP contribution in [-0.2, 0) is 11.2 Å². The number of carbonyl (C=O) groups is 1. The summed E-state index contributed by atoms with van der Waals surface area (Å²) in [7, 11) is 0. The minimum Gasteiger partial charge on any atom is -0.469 e. The molecule has 0 aliphatic rings. The van der Waals surface area contributed by atoms with Gasteiger partial charge in [-0.1, -0.05) is 5.16 Å². The number of anilines is 1. The molecule has 3 rings (SSSR count). The fourth-order valence-electron chi connectivity index (χ4n) is 2.15. The highest BCUT2D eigenvalue weighted by molar-refractivity contribution is 5.91. The van der Waals surface area contributed by atoms with E-state index in [2.05, 4.69) is 20.7 Å². The quantitative estimate of drug-likeness (QED) is 0.771. The maximum atomic E-state index is 12.0. The van der Waals surface area contributed by atoms with E-state index in [1.165, 1.54) is 0 Å². The molecule has 8 nitrogen and oxygen atoms in total. The summed E-state index contributed by atoms with van der Waals surface area (Å²) in [4.78, 5) is 12.0. The predicted octanol–water partition coefficient (Wildman–Crippen LogP) is 2.81. The van der Waals surface area contributed by atoms with Crippen molar-refractivity contribution in [1.82, 2.24) is 15.4 Å². The summed E-state index contributed by atoms with van der Waals surface area (Å²) < 4.78 is 15.7. The molecule has 0 fully saturated rings. The average Bonchev–Trinajstić information content (AvgIpc) is 3.22. The van der Waals surface area contributed by atoms with Crippen molar-refractivity contribution in [2.24, 2.45) is 0 Å². The first kappa shape index (κ1) is 15.0. The molecular formula is C15H16N4O4. The van der Waals surface area contributed by atoms with E-state index >= 15 is 0 Å². The van der Waals surface area contributed by atoms with Crippen molar-refractivity contribution in [3.05, 3.63) is 35.4 Å². The van der Waals surface area contributed by atoms with E-state index in [1.54, 1.807) is 26.2 Å². The van der Waals surface area contributed by atoms with Crippen LogP contribution in [0.3, 0.4) is 0 Å². The summed E-state index contributed by atoms with van der Waals surface area (Å²) >= 11 is 0. The fraction of sp³-hybridized carbons (Fsp3) is 0.333. The highest BCUT2D eigenvalue weighted by atomic mass is 16.5. The van der Waals surface area contributed by atoms with E-state index in [0.717, 1.165) is 5.56 Å². The van der Waals surface area contributed by atoms with E-state index in [0.29, 0.717) is 41.1 Å². The van der Waals surface area contributed by atoms with Crippen molar-refractivity contribution < 1.29 is 18.2 Å². The van der Waals surface area contributed by atoms with Gasteiger partial charge in [-0.2, -0.15) is 0 Å². The van der Waals surface area contributed by atoms with Gasteiger partial charge in [0.2, 0.25) is 11.8 Å². The van der Waals surface area contributed by atoms with Crippen LogP contribution in [0, 0.1) is 20.8 Å². The van der Waals surface area contributed by atoms with Crippen LogP contribution in [0.25, 0.3) is 11.5 Å². The van der Waals surface area contributed by atoms with Gasteiger partial charge >= 0.3 is 0 Å². The number of carbonyl (C=O) groups excluding carboxylic acids is 1. The molecule has 120 valence electrons. The molecule has 0 aliphatic carbocycles. The summed E-state index contributed by atoms with van der Waals surface area (Å²) in [5, 5.41) is 14.5. The molecule has 1 N–H and O–H groups in total. The maximum Gasteiger partial charge on any atom is 0.251 e. The van der Waals surface area contributed by atoms with Crippen molar-refractivity contribution in [3.63, 3.8) is 0 Å². The largest absolute Gasteiger partial charge is 0.469 e. The van der Waals surface area contributed by atoms with Crippen molar-refractivity contribution in [1.29, 1.82) is 0 Å². The number of hydrogen-bond donors (Lipinski definition) is 1. The normalized spacial score (nSPS) is 10.9. The second-order valence-corrected chi connectivity index (χ2v) is 5.14. The first-order chi connectivity index (χ1) is 11.0. The molecule has 0 spiro atoms. The van der Waals surface area contributed by atoms with Crippen LogP contribution >= 0.6 is 0 Å². The lowest BCUT2D eigenvalue weighted by molar-refractivity contribution is -0.116. The molecule has 0 saturated carbocycles. The molecule has 0 saturated heterocycles. The fourth-order valence-corrected chi connectivity index (χ4v) is 2.15. The number of nitrogens with zero attached hydrogens (tertiary/aromatic N) is 3. The number of amides is 1. The zero-order valence-electron chi connectivity index (χ0n) is 13.0. The second-order valence-electron chi connectivity index (χ2n) is 5.14. The summed E-state index contributed by atoms with van der Waals surface area (Å²) in [6, 6.07) is 1.76. The SMILES string of the molecule is Cc1noc(C)c1NC(=O)CCc1nnc(-c2ccoc2C)o1. The van der Waals surface area contributed by atoms with Crippen LogP contribution in [0.5, 0.6) is 0 Å². The number of nitrogens with one attached hydrogen (secondary N) is 1. The lowest BCUT2D eigenvalue weighted by atomic mass is 10.2. The number of aromatic nitrogens is 3. The third-order valence-corrected chi connectivity index (χ3v) is 3.42. The molecule has 0 bridgehead atoms. The number of furan rings is 1. The Balaban J connectivity index is 1.60. The van der Waals surface area contributed by atoms with Gasteiger partial charge in [0.05, 0.1) is 11.8 Å². The Labute approximate surface area is 131 Å². The number of rotatable bonds is 5. The standard InChI is InChI=1S/C15H16N4O4/c1-8-14(10(3)23-19-8)16-12(20)4-5-13-17-18-15(22-13)11-6-7-21-9(11)2/h6-7H,4-5H2,1-3H3,(H,16,20). The molecule has 0 aromatic carbocycles. The molecule has 23 heavy (non-hydrogen) atoms. The van der Waals surface area contributed by atoms with Gasteiger partial charge < -0.3 is 18.7 Å². The van der Waals surface area contributed by atoms with Gasteiger partial charge in [-0.25, -0.2) is 0 Å². The molecule has 0 aliphatic heterocycles. The van der Waals surface area contributed by atoms with Crippen molar-refractivity contribution >= 4 is 11.6 Å². The van der Waals surface area contributed by atoms with Crippen LogP contribution in [0.4, 0.5) is 5.69 Å². The first-order valence-electron chi connectivity index (χ1n) is 7.14. The summed E-state index contributed by atoms with van der Waals surface area (Å²) in [6.07, 6.45) is 2.13. The average molecular weight is 316 g/mol. The van der Waals surface area contributed by atoms with E-state index in [1.807, 2.05) is 6.92 Å². The lowest BCUT2D eigenvalue weighted by Crippen LogP contribution is -2.13. The molecule has 1 amide bonds. The molecule has 8 heteroatoms.